The number of nitrogens with one attached hydrogen (secondary N) is 1. The van der Waals surface area contributed by atoms with E-state index in [4.69, 9.17) is 20.8 Å². The van der Waals surface area contributed by atoms with E-state index in [1.807, 2.05) is 6.07 Å². The normalized spacial score (nSPS) is 10.5. The van der Waals surface area contributed by atoms with Gasteiger partial charge in [-0.05, 0) is 37.3 Å². The second kappa shape index (κ2) is 10.7. The van der Waals surface area contributed by atoms with Crippen LogP contribution in [-0.2, 0) is 27.3 Å². The summed E-state index contributed by atoms with van der Waals surface area (Å²) in [7, 11) is 0. The maximum Gasteiger partial charge on any atom is 0.313 e. The van der Waals surface area contributed by atoms with Gasteiger partial charge in [-0.25, -0.2) is 0 Å². The molecule has 3 aromatic rings. The summed E-state index contributed by atoms with van der Waals surface area (Å²) in [6.07, 6.45) is 1.49. The van der Waals surface area contributed by atoms with Crippen molar-refractivity contribution in [1.82, 2.24) is 14.8 Å². The first-order chi connectivity index (χ1) is 15.0. The van der Waals surface area contributed by atoms with Crippen molar-refractivity contribution in [3.05, 3.63) is 58.8 Å². The van der Waals surface area contributed by atoms with Crippen LogP contribution in [0, 0.1) is 11.3 Å². The van der Waals surface area contributed by atoms with Gasteiger partial charge in [0.15, 0.2) is 5.16 Å². The molecule has 11 heteroatoms. The van der Waals surface area contributed by atoms with E-state index in [0.29, 0.717) is 39.6 Å². The van der Waals surface area contributed by atoms with Crippen LogP contribution < -0.4 is 5.32 Å². The van der Waals surface area contributed by atoms with Crippen LogP contribution in [0.3, 0.4) is 0 Å². The fourth-order valence-electron chi connectivity index (χ4n) is 2.65. The smallest absolute Gasteiger partial charge is 0.313 e. The predicted octanol–water partition coefficient (Wildman–Crippen LogP) is 3.28. The van der Waals surface area contributed by atoms with Crippen molar-refractivity contribution in [1.29, 1.82) is 5.26 Å². The van der Waals surface area contributed by atoms with Gasteiger partial charge in [-0.3, -0.25) is 14.2 Å². The fraction of sp³-hybridized carbons (Fsp3) is 0.250. The number of esters is 1. The van der Waals surface area contributed by atoms with Crippen molar-refractivity contribution in [3.63, 3.8) is 0 Å². The molecule has 31 heavy (non-hydrogen) atoms. The van der Waals surface area contributed by atoms with Gasteiger partial charge in [-0.15, -0.1) is 10.2 Å². The van der Waals surface area contributed by atoms with Crippen molar-refractivity contribution in [2.45, 2.75) is 25.0 Å². The molecule has 2 heterocycles. The molecule has 0 aliphatic heterocycles. The van der Waals surface area contributed by atoms with Crippen molar-refractivity contribution < 1.29 is 18.7 Å². The Hall–Kier alpha value is -3.29. The molecule has 0 atom stereocenters. The topological polar surface area (TPSA) is 123 Å². The second-order valence-corrected chi connectivity index (χ2v) is 7.56. The van der Waals surface area contributed by atoms with Crippen LogP contribution in [0.1, 0.15) is 24.1 Å². The van der Waals surface area contributed by atoms with Crippen LogP contribution in [0.25, 0.3) is 0 Å². The lowest BCUT2D eigenvalue weighted by atomic mass is 10.2. The van der Waals surface area contributed by atoms with Gasteiger partial charge in [0.2, 0.25) is 5.91 Å². The number of aromatic nitrogens is 3. The number of nitriles is 1. The van der Waals surface area contributed by atoms with Gasteiger partial charge in [0.05, 0.1) is 36.4 Å². The van der Waals surface area contributed by atoms with Gasteiger partial charge in [0.1, 0.15) is 24.1 Å². The molecule has 1 aromatic carbocycles. The van der Waals surface area contributed by atoms with Gasteiger partial charge in [-0.2, -0.15) is 5.26 Å². The molecule has 3 rings (SSSR count). The number of carbonyl (C=O) groups is 2. The second-order valence-electron chi connectivity index (χ2n) is 6.18. The largest absolute Gasteiger partial charge is 0.467 e. The van der Waals surface area contributed by atoms with Crippen LogP contribution in [0.4, 0.5) is 5.69 Å². The Morgan fingerprint density at radius 2 is 2.19 bits per heavy atom. The van der Waals surface area contributed by atoms with Gasteiger partial charge in [0, 0.05) is 5.02 Å². The first kappa shape index (κ1) is 22.4. The number of amides is 1. The van der Waals surface area contributed by atoms with Crippen molar-refractivity contribution in [2.75, 3.05) is 17.7 Å². The molecule has 0 saturated carbocycles. The summed E-state index contributed by atoms with van der Waals surface area (Å²) in [6, 6.07) is 10.2. The first-order valence-electron chi connectivity index (χ1n) is 9.22. The summed E-state index contributed by atoms with van der Waals surface area (Å²) in [5, 5.41) is 20.9. The molecule has 0 fully saturated rings. The quantitative estimate of drug-likeness (QED) is 0.382. The molecule has 0 aliphatic rings. The van der Waals surface area contributed by atoms with Gasteiger partial charge >= 0.3 is 5.97 Å². The fourth-order valence-corrected chi connectivity index (χ4v) is 3.58. The number of carbonyl (C=O) groups excluding carboxylic acids is 2. The number of furan rings is 1. The molecule has 0 aliphatic carbocycles. The van der Waals surface area contributed by atoms with Crippen LogP contribution in [0.15, 0.2) is 46.2 Å². The molecule has 0 unspecified atom stereocenters. The van der Waals surface area contributed by atoms with Gasteiger partial charge < -0.3 is 14.5 Å². The lowest BCUT2D eigenvalue weighted by Gasteiger charge is -2.09. The Morgan fingerprint density at radius 1 is 1.35 bits per heavy atom. The van der Waals surface area contributed by atoms with Crippen molar-refractivity contribution in [2.24, 2.45) is 0 Å². The minimum absolute atomic E-state index is 0.00702. The average molecular weight is 460 g/mol. The highest BCUT2D eigenvalue weighted by molar-refractivity contribution is 7.99. The molecule has 0 spiro atoms. The number of hydrogen-bond donors (Lipinski definition) is 1. The third kappa shape index (κ3) is 6.10. The van der Waals surface area contributed by atoms with Crippen molar-refractivity contribution >= 4 is 40.9 Å². The molecule has 9 nitrogen and oxygen atoms in total. The highest BCUT2D eigenvalue weighted by Gasteiger charge is 2.19. The van der Waals surface area contributed by atoms with E-state index in [0.717, 1.165) is 11.8 Å². The maximum atomic E-state index is 12.4. The zero-order valence-electron chi connectivity index (χ0n) is 16.5. The van der Waals surface area contributed by atoms with Crippen LogP contribution in [0.5, 0.6) is 0 Å². The van der Waals surface area contributed by atoms with E-state index in [-0.39, 0.29) is 24.7 Å². The predicted molar refractivity (Wildman–Crippen MR) is 114 cm³/mol. The Morgan fingerprint density at radius 3 is 2.90 bits per heavy atom. The summed E-state index contributed by atoms with van der Waals surface area (Å²) in [6.45, 7) is 2.29. The SMILES string of the molecule is CCOC(=O)Cc1nnc(SCC(=O)Nc2cc(Cl)ccc2C#N)n1Cc1ccco1. The number of nitrogens with zero attached hydrogens (tertiary/aromatic N) is 4. The highest BCUT2D eigenvalue weighted by atomic mass is 35.5. The van der Waals surface area contributed by atoms with Crippen LogP contribution in [-0.4, -0.2) is 39.0 Å². The molecular formula is C20H18ClN5O4S. The van der Waals surface area contributed by atoms with E-state index in [9.17, 15) is 14.9 Å². The first-order valence-corrected chi connectivity index (χ1v) is 10.6. The number of thioether (sulfide) groups is 1. The maximum absolute atomic E-state index is 12.4. The zero-order chi connectivity index (χ0) is 22.2. The standard InChI is InChI=1S/C20H18ClN5O4S/c1-2-29-19(28)9-17-24-25-20(26(17)11-15-4-3-7-30-15)31-12-18(27)23-16-8-14(21)6-5-13(16)10-22/h3-8H,2,9,11-12H2,1H3,(H,23,27). The van der Waals surface area contributed by atoms with E-state index >= 15 is 0 Å². The van der Waals surface area contributed by atoms with E-state index in [2.05, 4.69) is 15.5 Å². The summed E-state index contributed by atoms with van der Waals surface area (Å²) in [4.78, 5) is 24.3. The molecular weight excluding hydrogens is 442 g/mol. The molecule has 1 N–H and O–H groups in total. The summed E-state index contributed by atoms with van der Waals surface area (Å²) < 4.78 is 12.1. The third-order valence-electron chi connectivity index (χ3n) is 4.00. The number of halogens is 1. The highest BCUT2D eigenvalue weighted by Crippen LogP contribution is 2.23. The van der Waals surface area contributed by atoms with Crippen molar-refractivity contribution in [3.8, 4) is 6.07 Å². The summed E-state index contributed by atoms with van der Waals surface area (Å²) in [5.41, 5.74) is 0.640. The minimum atomic E-state index is -0.421. The molecule has 2 aromatic heterocycles. The van der Waals surface area contributed by atoms with E-state index < -0.39 is 5.97 Å². The molecule has 160 valence electrons. The monoisotopic (exact) mass is 459 g/mol. The van der Waals surface area contributed by atoms with Crippen LogP contribution in [0.2, 0.25) is 5.02 Å². The average Bonchev–Trinajstić information content (AvgIpc) is 3.38. The Bertz CT molecular complexity index is 1110. The lowest BCUT2D eigenvalue weighted by Crippen LogP contribution is -2.16. The van der Waals surface area contributed by atoms with E-state index in [1.165, 1.54) is 12.1 Å². The number of anilines is 1. The molecule has 0 radical (unpaired) electrons. The number of benzene rings is 1. The number of ether oxygens (including phenoxy) is 1. The molecule has 1 amide bonds. The zero-order valence-corrected chi connectivity index (χ0v) is 18.1. The molecule has 0 saturated heterocycles. The number of rotatable bonds is 9. The summed E-state index contributed by atoms with van der Waals surface area (Å²) >= 11 is 7.09. The Balaban J connectivity index is 1.72. The summed E-state index contributed by atoms with van der Waals surface area (Å²) in [5.74, 6) is 0.291. The van der Waals surface area contributed by atoms with Gasteiger partial charge in [-0.1, -0.05) is 23.4 Å². The lowest BCUT2D eigenvalue weighted by molar-refractivity contribution is -0.142. The number of hydrogen-bond acceptors (Lipinski definition) is 8. The third-order valence-corrected chi connectivity index (χ3v) is 5.21. The van der Waals surface area contributed by atoms with E-state index in [1.54, 1.807) is 36.0 Å². The molecule has 0 bridgehead atoms. The minimum Gasteiger partial charge on any atom is -0.467 e. The van der Waals surface area contributed by atoms with Crippen LogP contribution >= 0.6 is 23.4 Å². The van der Waals surface area contributed by atoms with Gasteiger partial charge in [0.25, 0.3) is 0 Å². The Labute approximate surface area is 187 Å². The Kier molecular flexibility index (Phi) is 7.70.